The summed E-state index contributed by atoms with van der Waals surface area (Å²) >= 11 is 0. The van der Waals surface area contributed by atoms with Gasteiger partial charge in [0.25, 0.3) is 0 Å². The molecule has 1 aromatic heterocycles. The number of aromatic nitrogens is 1. The number of hydrazine groups is 1. The van der Waals surface area contributed by atoms with Crippen LogP contribution in [0.3, 0.4) is 0 Å². The van der Waals surface area contributed by atoms with Crippen molar-refractivity contribution < 1.29 is 4.74 Å². The molecule has 0 bridgehead atoms. The molecule has 1 aliphatic rings. The zero-order valence-corrected chi connectivity index (χ0v) is 9.85. The highest BCUT2D eigenvalue weighted by Gasteiger charge is 2.09. The number of nitrogens with zero attached hydrogens (tertiary/aromatic N) is 2. The van der Waals surface area contributed by atoms with E-state index in [-0.39, 0.29) is 0 Å². The fourth-order valence-electron chi connectivity index (χ4n) is 1.78. The summed E-state index contributed by atoms with van der Waals surface area (Å²) in [6, 6.07) is 5.67. The van der Waals surface area contributed by atoms with E-state index in [0.29, 0.717) is 5.82 Å². The molecule has 1 fully saturated rings. The molecule has 0 amide bonds. The van der Waals surface area contributed by atoms with Crippen LogP contribution in [0, 0.1) is 0 Å². The molecule has 0 saturated carbocycles. The third-order valence-electron chi connectivity index (χ3n) is 2.73. The Morgan fingerprint density at radius 3 is 2.82 bits per heavy atom. The van der Waals surface area contributed by atoms with Crippen molar-refractivity contribution in [3.8, 4) is 0 Å². The first-order valence-corrected chi connectivity index (χ1v) is 5.86. The van der Waals surface area contributed by atoms with Crippen molar-refractivity contribution in [3.63, 3.8) is 0 Å². The summed E-state index contributed by atoms with van der Waals surface area (Å²) in [5, 5.41) is 3.28. The Morgan fingerprint density at radius 1 is 1.29 bits per heavy atom. The average Bonchev–Trinajstić information content (AvgIpc) is 2.40. The van der Waals surface area contributed by atoms with Gasteiger partial charge in [-0.2, -0.15) is 0 Å². The molecule has 1 aromatic rings. The zero-order valence-electron chi connectivity index (χ0n) is 9.85. The van der Waals surface area contributed by atoms with Gasteiger partial charge in [0, 0.05) is 26.2 Å². The highest BCUT2D eigenvalue weighted by Crippen LogP contribution is 2.07. The van der Waals surface area contributed by atoms with Gasteiger partial charge in [0.2, 0.25) is 0 Å². The van der Waals surface area contributed by atoms with E-state index >= 15 is 0 Å². The molecule has 0 unspecified atom stereocenters. The monoisotopic (exact) mass is 237 g/mol. The highest BCUT2D eigenvalue weighted by molar-refractivity contribution is 5.44. The minimum Gasteiger partial charge on any atom is -0.379 e. The molecular formula is C11H19N5O. The number of nitrogens with one attached hydrogen (secondary N) is 2. The normalized spacial score (nSPS) is 16.8. The maximum absolute atomic E-state index is 5.30. The van der Waals surface area contributed by atoms with Crippen LogP contribution in [-0.4, -0.2) is 49.3 Å². The number of ether oxygens (including phenoxy) is 1. The first-order chi connectivity index (χ1) is 8.38. The number of nitrogens with two attached hydrogens (primary N) is 1. The second-order valence-electron chi connectivity index (χ2n) is 3.93. The highest BCUT2D eigenvalue weighted by atomic mass is 16.5. The lowest BCUT2D eigenvalue weighted by molar-refractivity contribution is 0.0398. The topological polar surface area (TPSA) is 75.4 Å². The van der Waals surface area contributed by atoms with Gasteiger partial charge in [0.05, 0.1) is 13.2 Å². The van der Waals surface area contributed by atoms with Crippen molar-refractivity contribution in [3.05, 3.63) is 18.2 Å². The second-order valence-corrected chi connectivity index (χ2v) is 3.93. The number of hydrogen-bond donors (Lipinski definition) is 3. The molecule has 94 valence electrons. The lowest BCUT2D eigenvalue weighted by Gasteiger charge is -2.26. The summed E-state index contributed by atoms with van der Waals surface area (Å²) in [4.78, 5) is 6.66. The quantitative estimate of drug-likeness (QED) is 0.498. The van der Waals surface area contributed by atoms with Crippen LogP contribution in [0.2, 0.25) is 0 Å². The second kappa shape index (κ2) is 6.39. The number of rotatable bonds is 5. The molecule has 6 heteroatoms. The Kier molecular flexibility index (Phi) is 4.54. The number of nitrogen functional groups attached to an aromatic ring is 1. The average molecular weight is 237 g/mol. The summed E-state index contributed by atoms with van der Waals surface area (Å²) in [6.45, 7) is 5.58. The minimum absolute atomic E-state index is 0.668. The van der Waals surface area contributed by atoms with Gasteiger partial charge in [-0.05, 0) is 12.1 Å². The molecule has 0 aromatic carbocycles. The molecule has 0 aliphatic carbocycles. The SMILES string of the molecule is NNc1cccc(NCCN2CCOCC2)n1. The van der Waals surface area contributed by atoms with Crippen LogP contribution in [0.1, 0.15) is 0 Å². The van der Waals surface area contributed by atoms with E-state index in [9.17, 15) is 0 Å². The summed E-state index contributed by atoms with van der Waals surface area (Å²) in [7, 11) is 0. The van der Waals surface area contributed by atoms with Gasteiger partial charge in [-0.1, -0.05) is 6.07 Å². The number of morpholine rings is 1. The fourth-order valence-corrected chi connectivity index (χ4v) is 1.78. The van der Waals surface area contributed by atoms with E-state index < -0.39 is 0 Å². The molecule has 0 spiro atoms. The van der Waals surface area contributed by atoms with Crippen LogP contribution < -0.4 is 16.6 Å². The Morgan fingerprint density at radius 2 is 2.06 bits per heavy atom. The van der Waals surface area contributed by atoms with Crippen LogP contribution in [0.4, 0.5) is 11.6 Å². The Balaban J connectivity index is 1.73. The molecular weight excluding hydrogens is 218 g/mol. The maximum Gasteiger partial charge on any atom is 0.142 e. The van der Waals surface area contributed by atoms with Gasteiger partial charge in [-0.25, -0.2) is 10.8 Å². The molecule has 1 saturated heterocycles. The summed E-state index contributed by atoms with van der Waals surface area (Å²) < 4.78 is 5.30. The van der Waals surface area contributed by atoms with Gasteiger partial charge in [0.1, 0.15) is 11.6 Å². The third-order valence-corrected chi connectivity index (χ3v) is 2.73. The largest absolute Gasteiger partial charge is 0.379 e. The van der Waals surface area contributed by atoms with E-state index in [1.54, 1.807) is 0 Å². The summed E-state index contributed by atoms with van der Waals surface area (Å²) in [5.41, 5.74) is 2.53. The molecule has 4 N–H and O–H groups in total. The Hall–Kier alpha value is -1.37. The molecule has 6 nitrogen and oxygen atoms in total. The fraction of sp³-hybridized carbons (Fsp3) is 0.545. The summed E-state index contributed by atoms with van der Waals surface area (Å²) in [5.74, 6) is 6.81. The van der Waals surface area contributed by atoms with Gasteiger partial charge in [-0.15, -0.1) is 0 Å². The van der Waals surface area contributed by atoms with Crippen molar-refractivity contribution in [2.45, 2.75) is 0 Å². The first-order valence-electron chi connectivity index (χ1n) is 5.86. The van der Waals surface area contributed by atoms with Crippen molar-refractivity contribution >= 4 is 11.6 Å². The van der Waals surface area contributed by atoms with Crippen molar-refractivity contribution in [1.29, 1.82) is 0 Å². The maximum atomic E-state index is 5.30. The smallest absolute Gasteiger partial charge is 0.142 e. The molecule has 0 radical (unpaired) electrons. The molecule has 2 rings (SSSR count). The van der Waals surface area contributed by atoms with Crippen molar-refractivity contribution in [1.82, 2.24) is 9.88 Å². The Bertz CT molecular complexity index is 340. The van der Waals surface area contributed by atoms with Gasteiger partial charge in [0.15, 0.2) is 0 Å². The van der Waals surface area contributed by atoms with E-state index in [2.05, 4.69) is 20.6 Å². The Labute approximate surface area is 101 Å². The van der Waals surface area contributed by atoms with Gasteiger partial charge in [-0.3, -0.25) is 4.90 Å². The van der Waals surface area contributed by atoms with Crippen LogP contribution in [0.15, 0.2) is 18.2 Å². The predicted molar refractivity (Wildman–Crippen MR) is 67.8 cm³/mol. The minimum atomic E-state index is 0.668. The van der Waals surface area contributed by atoms with Crippen LogP contribution in [0.25, 0.3) is 0 Å². The predicted octanol–water partition coefficient (Wildman–Crippen LogP) is 0.111. The lowest BCUT2D eigenvalue weighted by Crippen LogP contribution is -2.39. The summed E-state index contributed by atoms with van der Waals surface area (Å²) in [6.07, 6.45) is 0. The number of hydrogen-bond acceptors (Lipinski definition) is 6. The third kappa shape index (κ3) is 3.85. The van der Waals surface area contributed by atoms with Gasteiger partial charge < -0.3 is 15.5 Å². The van der Waals surface area contributed by atoms with Crippen LogP contribution in [0.5, 0.6) is 0 Å². The van der Waals surface area contributed by atoms with Crippen LogP contribution >= 0.6 is 0 Å². The number of anilines is 2. The van der Waals surface area contributed by atoms with E-state index in [1.807, 2.05) is 18.2 Å². The molecule has 0 atom stereocenters. The standard InChI is InChI=1S/C11H19N5O/c12-15-11-3-1-2-10(14-11)13-4-5-16-6-8-17-9-7-16/h1-3H,4-9,12H2,(H2,13,14,15). The van der Waals surface area contributed by atoms with E-state index in [0.717, 1.165) is 45.2 Å². The molecule has 2 heterocycles. The first kappa shape index (κ1) is 12.1. The lowest BCUT2D eigenvalue weighted by atomic mass is 10.4. The molecule has 17 heavy (non-hydrogen) atoms. The van der Waals surface area contributed by atoms with E-state index in [4.69, 9.17) is 10.6 Å². The zero-order chi connectivity index (χ0) is 11.9. The molecule has 1 aliphatic heterocycles. The van der Waals surface area contributed by atoms with Crippen molar-refractivity contribution in [2.75, 3.05) is 50.1 Å². The van der Waals surface area contributed by atoms with Crippen molar-refractivity contribution in [2.24, 2.45) is 5.84 Å². The van der Waals surface area contributed by atoms with Crippen LogP contribution in [-0.2, 0) is 4.74 Å². The number of pyridine rings is 1. The van der Waals surface area contributed by atoms with Gasteiger partial charge >= 0.3 is 0 Å². The van der Waals surface area contributed by atoms with E-state index in [1.165, 1.54) is 0 Å².